The topological polar surface area (TPSA) is 94.8 Å². The molecule has 0 aliphatic carbocycles. The number of hydrogen-bond donors (Lipinski definition) is 2. The van der Waals surface area contributed by atoms with Crippen LogP contribution in [0.3, 0.4) is 0 Å². The molecule has 1 aliphatic heterocycles. The molecule has 0 atom stereocenters. The number of benzene rings is 1. The summed E-state index contributed by atoms with van der Waals surface area (Å²) in [6.07, 6.45) is 7.92. The van der Waals surface area contributed by atoms with Crippen molar-refractivity contribution >= 4 is 29.3 Å². The Bertz CT molecular complexity index is 1070. The van der Waals surface area contributed by atoms with Crippen molar-refractivity contribution < 1.29 is 4.42 Å². The van der Waals surface area contributed by atoms with Gasteiger partial charge in [0.05, 0.1) is 17.8 Å². The Morgan fingerprint density at radius 2 is 1.93 bits per heavy atom. The highest BCUT2D eigenvalue weighted by atomic mass is 35.5. The summed E-state index contributed by atoms with van der Waals surface area (Å²) in [5.41, 5.74) is 10.3. The van der Waals surface area contributed by atoms with Crippen molar-refractivity contribution in [2.45, 2.75) is 18.9 Å². The first-order valence-corrected chi connectivity index (χ1v) is 9.14. The Labute approximate surface area is 168 Å². The van der Waals surface area contributed by atoms with E-state index in [1.807, 2.05) is 36.5 Å². The van der Waals surface area contributed by atoms with Crippen LogP contribution in [0.4, 0.5) is 5.82 Å². The van der Waals surface area contributed by atoms with Gasteiger partial charge >= 0.3 is 0 Å². The Morgan fingerprint density at radius 1 is 1.11 bits per heavy atom. The molecule has 1 aromatic carbocycles. The van der Waals surface area contributed by atoms with Gasteiger partial charge in [-0.1, -0.05) is 12.1 Å². The number of fused-ring (bicyclic) bond motifs is 1. The van der Waals surface area contributed by atoms with Gasteiger partial charge in [0.2, 0.25) is 5.89 Å². The van der Waals surface area contributed by atoms with E-state index in [1.54, 1.807) is 6.20 Å². The number of para-hydroxylation sites is 2. The van der Waals surface area contributed by atoms with E-state index in [0.29, 0.717) is 23.3 Å². The third-order valence-electron chi connectivity index (χ3n) is 5.06. The molecule has 144 valence electrons. The SMILES string of the molecule is Cl.Nc1ncc(-c2cnn(C3CCNCC3)c2)cc1-c1nc2ccccc2o1. The van der Waals surface area contributed by atoms with Crippen molar-refractivity contribution in [1.29, 1.82) is 0 Å². The zero-order valence-corrected chi connectivity index (χ0v) is 16.0. The summed E-state index contributed by atoms with van der Waals surface area (Å²) in [6.45, 7) is 2.07. The van der Waals surface area contributed by atoms with Crippen LogP contribution in [0.1, 0.15) is 18.9 Å². The van der Waals surface area contributed by atoms with Crippen LogP contribution < -0.4 is 11.1 Å². The third kappa shape index (κ3) is 3.34. The fourth-order valence-electron chi connectivity index (χ4n) is 3.55. The Morgan fingerprint density at radius 3 is 2.75 bits per heavy atom. The summed E-state index contributed by atoms with van der Waals surface area (Å²) in [6, 6.07) is 10.1. The number of aromatic nitrogens is 4. The van der Waals surface area contributed by atoms with Gasteiger partial charge in [0, 0.05) is 23.5 Å². The van der Waals surface area contributed by atoms with Gasteiger partial charge in [0.25, 0.3) is 0 Å². The van der Waals surface area contributed by atoms with Crippen LogP contribution in [0.25, 0.3) is 33.7 Å². The van der Waals surface area contributed by atoms with Gasteiger partial charge in [-0.15, -0.1) is 12.4 Å². The van der Waals surface area contributed by atoms with Gasteiger partial charge < -0.3 is 15.5 Å². The second-order valence-electron chi connectivity index (χ2n) is 6.83. The molecule has 3 aromatic heterocycles. The van der Waals surface area contributed by atoms with Gasteiger partial charge in [-0.05, 0) is 44.1 Å². The fourth-order valence-corrected chi connectivity index (χ4v) is 3.55. The van der Waals surface area contributed by atoms with Crippen LogP contribution in [-0.2, 0) is 0 Å². The van der Waals surface area contributed by atoms with Crippen molar-refractivity contribution in [3.05, 3.63) is 48.9 Å². The van der Waals surface area contributed by atoms with Crippen LogP contribution >= 0.6 is 12.4 Å². The van der Waals surface area contributed by atoms with Crippen molar-refractivity contribution in [1.82, 2.24) is 25.1 Å². The summed E-state index contributed by atoms with van der Waals surface area (Å²) < 4.78 is 7.93. The van der Waals surface area contributed by atoms with Gasteiger partial charge in [0.15, 0.2) is 5.58 Å². The number of piperidine rings is 1. The first-order valence-electron chi connectivity index (χ1n) is 9.14. The van der Waals surface area contributed by atoms with E-state index in [9.17, 15) is 0 Å². The molecule has 0 spiro atoms. The number of nitrogens with zero attached hydrogens (tertiary/aromatic N) is 4. The predicted molar refractivity (Wildman–Crippen MR) is 111 cm³/mol. The minimum atomic E-state index is 0. The van der Waals surface area contributed by atoms with Crippen molar-refractivity contribution in [2.24, 2.45) is 0 Å². The summed E-state index contributed by atoms with van der Waals surface area (Å²) in [4.78, 5) is 8.90. The predicted octanol–water partition coefficient (Wildman–Crippen LogP) is 3.68. The number of hydrogen-bond acceptors (Lipinski definition) is 6. The number of nitrogen functional groups attached to an aromatic ring is 1. The summed E-state index contributed by atoms with van der Waals surface area (Å²) in [7, 11) is 0. The van der Waals surface area contributed by atoms with Crippen LogP contribution in [-0.4, -0.2) is 32.8 Å². The van der Waals surface area contributed by atoms with Crippen molar-refractivity contribution in [3.63, 3.8) is 0 Å². The van der Waals surface area contributed by atoms with Crippen LogP contribution in [0, 0.1) is 0 Å². The lowest BCUT2D eigenvalue weighted by atomic mass is 10.1. The average Bonchev–Trinajstić information content (AvgIpc) is 3.36. The minimum Gasteiger partial charge on any atom is -0.436 e. The summed E-state index contributed by atoms with van der Waals surface area (Å²) >= 11 is 0. The Balaban J connectivity index is 0.00000192. The lowest BCUT2D eigenvalue weighted by molar-refractivity contribution is 0.343. The lowest BCUT2D eigenvalue weighted by Gasteiger charge is -2.22. The molecule has 4 aromatic rings. The quantitative estimate of drug-likeness (QED) is 0.548. The van der Waals surface area contributed by atoms with Crippen LogP contribution in [0.2, 0.25) is 0 Å². The molecule has 7 nitrogen and oxygen atoms in total. The molecule has 3 N–H and O–H groups in total. The molecule has 0 bridgehead atoms. The number of anilines is 1. The number of nitrogens with one attached hydrogen (secondary N) is 1. The minimum absolute atomic E-state index is 0. The number of nitrogens with two attached hydrogens (primary N) is 1. The molecule has 0 unspecified atom stereocenters. The fraction of sp³-hybridized carbons (Fsp3) is 0.250. The van der Waals surface area contributed by atoms with Crippen LogP contribution in [0.5, 0.6) is 0 Å². The highest BCUT2D eigenvalue weighted by molar-refractivity contribution is 5.85. The van der Waals surface area contributed by atoms with Gasteiger partial charge in [-0.25, -0.2) is 9.97 Å². The molecule has 0 amide bonds. The molecule has 0 saturated carbocycles. The van der Waals surface area contributed by atoms with E-state index in [1.165, 1.54) is 0 Å². The zero-order chi connectivity index (χ0) is 18.2. The molecule has 28 heavy (non-hydrogen) atoms. The first-order chi connectivity index (χ1) is 13.3. The average molecular weight is 397 g/mol. The largest absolute Gasteiger partial charge is 0.436 e. The van der Waals surface area contributed by atoms with Gasteiger partial charge in [0.1, 0.15) is 11.3 Å². The summed E-state index contributed by atoms with van der Waals surface area (Å²) in [5, 5.41) is 7.95. The van der Waals surface area contributed by atoms with E-state index in [0.717, 1.165) is 48.2 Å². The number of halogens is 1. The molecule has 5 rings (SSSR count). The standard InChI is InChI=1S/C20H20N6O.ClH/c21-19-16(20-25-17-3-1-2-4-18(17)27-20)9-13(10-23-19)14-11-24-26(12-14)15-5-7-22-8-6-15;/h1-4,9-12,15,22H,5-8H2,(H2,21,23);1H. The molecule has 4 heterocycles. The Hall–Kier alpha value is -2.90. The number of oxazole rings is 1. The summed E-state index contributed by atoms with van der Waals surface area (Å²) in [5.74, 6) is 0.879. The maximum absolute atomic E-state index is 6.10. The first kappa shape index (κ1) is 18.5. The Kier molecular flexibility index (Phi) is 5.02. The molecule has 1 fully saturated rings. The normalized spacial score (nSPS) is 14.9. The molecule has 0 radical (unpaired) electrons. The maximum Gasteiger partial charge on any atom is 0.231 e. The van der Waals surface area contributed by atoms with E-state index < -0.39 is 0 Å². The third-order valence-corrected chi connectivity index (χ3v) is 5.06. The number of rotatable bonds is 3. The second-order valence-corrected chi connectivity index (χ2v) is 6.83. The van der Waals surface area contributed by atoms with E-state index in [2.05, 4.69) is 31.3 Å². The van der Waals surface area contributed by atoms with E-state index >= 15 is 0 Å². The second kappa shape index (κ2) is 7.61. The van der Waals surface area contributed by atoms with Crippen LogP contribution in [0.15, 0.2) is 53.3 Å². The lowest BCUT2D eigenvalue weighted by Crippen LogP contribution is -2.29. The van der Waals surface area contributed by atoms with Crippen molar-refractivity contribution in [3.8, 4) is 22.6 Å². The highest BCUT2D eigenvalue weighted by Gasteiger charge is 2.17. The smallest absolute Gasteiger partial charge is 0.231 e. The van der Waals surface area contributed by atoms with Crippen molar-refractivity contribution in [2.75, 3.05) is 18.8 Å². The number of pyridine rings is 1. The molecule has 1 aliphatic rings. The molecular formula is C20H21ClN6O. The monoisotopic (exact) mass is 396 g/mol. The molecule has 8 heteroatoms. The zero-order valence-electron chi connectivity index (χ0n) is 15.2. The molecular weight excluding hydrogens is 376 g/mol. The van der Waals surface area contributed by atoms with Gasteiger partial charge in [-0.2, -0.15) is 5.10 Å². The van der Waals surface area contributed by atoms with Gasteiger partial charge in [-0.3, -0.25) is 4.68 Å². The van der Waals surface area contributed by atoms with E-state index in [4.69, 9.17) is 10.2 Å². The highest BCUT2D eigenvalue weighted by Crippen LogP contribution is 2.31. The van der Waals surface area contributed by atoms with E-state index in [-0.39, 0.29) is 12.4 Å². The molecule has 1 saturated heterocycles. The maximum atomic E-state index is 6.10.